The summed E-state index contributed by atoms with van der Waals surface area (Å²) in [6.07, 6.45) is 0. The molecule has 0 aliphatic heterocycles. The van der Waals surface area contributed by atoms with E-state index in [4.69, 9.17) is 5.26 Å². The van der Waals surface area contributed by atoms with Gasteiger partial charge in [-0.15, -0.1) is 11.3 Å². The molecule has 2 N–H and O–H groups in total. The van der Waals surface area contributed by atoms with Gasteiger partial charge in [0, 0.05) is 11.9 Å². The van der Waals surface area contributed by atoms with Crippen LogP contribution in [0.25, 0.3) is 10.9 Å². The number of rotatable bonds is 6. The molecule has 0 saturated heterocycles. The Kier molecular flexibility index (Phi) is 5.48. The third-order valence-electron chi connectivity index (χ3n) is 3.30. The van der Waals surface area contributed by atoms with Crippen molar-refractivity contribution in [3.8, 4) is 6.07 Å². The number of anilines is 2. The third kappa shape index (κ3) is 4.07. The van der Waals surface area contributed by atoms with Gasteiger partial charge in [-0.05, 0) is 30.5 Å². The number of benzene rings is 1. The summed E-state index contributed by atoms with van der Waals surface area (Å²) in [6.45, 7) is 2.76. The molecule has 1 amide bonds. The molecule has 0 aliphatic rings. The molecule has 0 fully saturated rings. The maximum atomic E-state index is 12.1. The van der Waals surface area contributed by atoms with Gasteiger partial charge in [0.1, 0.15) is 16.9 Å². The van der Waals surface area contributed by atoms with Gasteiger partial charge in [-0.3, -0.25) is 4.79 Å². The van der Waals surface area contributed by atoms with Crippen molar-refractivity contribution in [1.29, 1.82) is 5.26 Å². The number of nitrogens with one attached hydrogen (secondary N) is 2. The number of nitriles is 1. The van der Waals surface area contributed by atoms with Crippen molar-refractivity contribution < 1.29 is 4.79 Å². The second kappa shape index (κ2) is 7.96. The molecule has 8 heteroatoms. The normalized spacial score (nSPS) is 10.4. The van der Waals surface area contributed by atoms with Gasteiger partial charge in [-0.1, -0.05) is 23.9 Å². The minimum Gasteiger partial charge on any atom is -0.370 e. The third-order valence-corrected chi connectivity index (χ3v) is 4.98. The predicted octanol–water partition coefficient (Wildman–Crippen LogP) is 3.73. The molecule has 0 atom stereocenters. The minimum absolute atomic E-state index is 0.173. The summed E-state index contributed by atoms with van der Waals surface area (Å²) >= 11 is 2.60. The zero-order valence-electron chi connectivity index (χ0n) is 13.4. The number of thioether (sulfide) groups is 1. The Balaban J connectivity index is 1.72. The molecule has 0 radical (unpaired) electrons. The van der Waals surface area contributed by atoms with Crippen LogP contribution in [0.1, 0.15) is 12.5 Å². The largest absolute Gasteiger partial charge is 0.370 e. The van der Waals surface area contributed by atoms with Crippen molar-refractivity contribution in [2.24, 2.45) is 0 Å². The number of para-hydroxylation sites is 1. The number of amides is 1. The van der Waals surface area contributed by atoms with Crippen LogP contribution in [0.2, 0.25) is 0 Å². The molecule has 0 unspecified atom stereocenters. The smallest absolute Gasteiger partial charge is 0.235 e. The van der Waals surface area contributed by atoms with Crippen molar-refractivity contribution in [3.63, 3.8) is 0 Å². The molecule has 2 aromatic heterocycles. The number of carbonyl (C=O) groups excluding carboxylic acids is 1. The summed E-state index contributed by atoms with van der Waals surface area (Å²) in [4.78, 5) is 21.1. The van der Waals surface area contributed by atoms with Gasteiger partial charge in [0.25, 0.3) is 0 Å². The number of carbonyl (C=O) groups is 1. The van der Waals surface area contributed by atoms with E-state index in [-0.39, 0.29) is 11.7 Å². The number of hydrogen-bond acceptors (Lipinski definition) is 7. The van der Waals surface area contributed by atoms with E-state index in [1.807, 2.05) is 31.2 Å². The van der Waals surface area contributed by atoms with Crippen LogP contribution in [0.4, 0.5) is 10.8 Å². The Morgan fingerprint density at radius 3 is 2.96 bits per heavy atom. The van der Waals surface area contributed by atoms with E-state index < -0.39 is 0 Å². The lowest BCUT2D eigenvalue weighted by Gasteiger charge is -2.09. The highest BCUT2D eigenvalue weighted by Gasteiger charge is 2.12. The average Bonchev–Trinajstić information content (AvgIpc) is 3.07. The molecule has 0 spiro atoms. The fraction of sp³-hybridized carbons (Fsp3) is 0.176. The Bertz CT molecular complexity index is 948. The first-order valence-electron chi connectivity index (χ1n) is 7.62. The molecule has 25 heavy (non-hydrogen) atoms. The lowest BCUT2D eigenvalue weighted by molar-refractivity contribution is -0.113. The maximum Gasteiger partial charge on any atom is 0.235 e. The quantitative estimate of drug-likeness (QED) is 0.508. The second-order valence-corrected chi connectivity index (χ2v) is 6.87. The monoisotopic (exact) mass is 369 g/mol. The summed E-state index contributed by atoms with van der Waals surface area (Å²) < 4.78 is 0. The van der Waals surface area contributed by atoms with Crippen LogP contribution >= 0.6 is 23.1 Å². The van der Waals surface area contributed by atoms with E-state index in [9.17, 15) is 4.79 Å². The van der Waals surface area contributed by atoms with Crippen molar-refractivity contribution in [2.45, 2.75) is 12.1 Å². The van der Waals surface area contributed by atoms with Gasteiger partial charge >= 0.3 is 0 Å². The summed E-state index contributed by atoms with van der Waals surface area (Å²) in [6, 6.07) is 11.5. The predicted molar refractivity (Wildman–Crippen MR) is 102 cm³/mol. The molecule has 2 heterocycles. The van der Waals surface area contributed by atoms with Crippen molar-refractivity contribution in [2.75, 3.05) is 22.9 Å². The number of fused-ring (bicyclic) bond motifs is 1. The van der Waals surface area contributed by atoms with E-state index in [2.05, 4.69) is 26.7 Å². The Labute approximate surface area is 153 Å². The fourth-order valence-electron chi connectivity index (χ4n) is 2.21. The van der Waals surface area contributed by atoms with Gasteiger partial charge in [-0.2, -0.15) is 5.26 Å². The van der Waals surface area contributed by atoms with E-state index in [0.29, 0.717) is 15.7 Å². The Morgan fingerprint density at radius 2 is 2.16 bits per heavy atom. The van der Waals surface area contributed by atoms with Gasteiger partial charge in [0.05, 0.1) is 16.8 Å². The number of hydrogen-bond donors (Lipinski definition) is 2. The van der Waals surface area contributed by atoms with Gasteiger partial charge in [0.2, 0.25) is 5.91 Å². The highest BCUT2D eigenvalue weighted by molar-refractivity contribution is 7.99. The van der Waals surface area contributed by atoms with Crippen molar-refractivity contribution in [1.82, 2.24) is 9.97 Å². The zero-order valence-corrected chi connectivity index (χ0v) is 15.1. The minimum atomic E-state index is -0.189. The standard InChI is InChI=1S/C17H15N5OS2/c1-2-19-15-12-5-3-4-6-13(12)20-17(22-15)25-10-14(23)21-16-11(9-18)7-8-24-16/h3-8H,2,10H2,1H3,(H,21,23)(H,19,20,22). The van der Waals surface area contributed by atoms with Gasteiger partial charge < -0.3 is 10.6 Å². The van der Waals surface area contributed by atoms with Crippen LogP contribution in [-0.2, 0) is 4.79 Å². The Morgan fingerprint density at radius 1 is 1.32 bits per heavy atom. The van der Waals surface area contributed by atoms with Crippen LogP contribution in [0.3, 0.4) is 0 Å². The summed E-state index contributed by atoms with van der Waals surface area (Å²) in [5.41, 5.74) is 1.31. The second-order valence-electron chi connectivity index (χ2n) is 5.01. The Hall–Kier alpha value is -2.63. The van der Waals surface area contributed by atoms with Crippen molar-refractivity contribution >= 4 is 50.7 Å². The fourth-order valence-corrected chi connectivity index (χ4v) is 3.61. The van der Waals surface area contributed by atoms with Crippen molar-refractivity contribution in [3.05, 3.63) is 41.3 Å². The van der Waals surface area contributed by atoms with Crippen LogP contribution in [0.5, 0.6) is 0 Å². The van der Waals surface area contributed by atoms with Gasteiger partial charge in [0.15, 0.2) is 5.16 Å². The molecule has 0 saturated carbocycles. The molecule has 3 aromatic rings. The van der Waals surface area contributed by atoms with E-state index in [1.54, 1.807) is 11.4 Å². The number of nitrogens with zero attached hydrogens (tertiary/aromatic N) is 3. The summed E-state index contributed by atoms with van der Waals surface area (Å²) in [7, 11) is 0. The molecule has 0 bridgehead atoms. The molecular weight excluding hydrogens is 354 g/mol. The highest BCUT2D eigenvalue weighted by Crippen LogP contribution is 2.25. The summed E-state index contributed by atoms with van der Waals surface area (Å²) in [5.74, 6) is 0.749. The lowest BCUT2D eigenvalue weighted by atomic mass is 10.2. The summed E-state index contributed by atoms with van der Waals surface area (Å²) in [5, 5.41) is 18.8. The topological polar surface area (TPSA) is 90.7 Å². The number of thiophene rings is 1. The molecule has 0 aliphatic carbocycles. The van der Waals surface area contributed by atoms with Crippen LogP contribution < -0.4 is 10.6 Å². The van der Waals surface area contributed by atoms with Gasteiger partial charge in [-0.25, -0.2) is 9.97 Å². The van der Waals surface area contributed by atoms with Crippen LogP contribution in [0.15, 0.2) is 40.9 Å². The molecule has 1 aromatic carbocycles. The first-order valence-corrected chi connectivity index (χ1v) is 9.48. The molecule has 3 rings (SSSR count). The molecular formula is C17H15N5OS2. The molecule has 126 valence electrons. The van der Waals surface area contributed by atoms with E-state index in [0.717, 1.165) is 23.3 Å². The number of aromatic nitrogens is 2. The highest BCUT2D eigenvalue weighted by atomic mass is 32.2. The van der Waals surface area contributed by atoms with E-state index >= 15 is 0 Å². The average molecular weight is 369 g/mol. The lowest BCUT2D eigenvalue weighted by Crippen LogP contribution is -2.14. The first kappa shape index (κ1) is 17.2. The maximum absolute atomic E-state index is 12.1. The molecule has 6 nitrogen and oxygen atoms in total. The first-order chi connectivity index (χ1) is 12.2. The SMILES string of the molecule is CCNc1nc(SCC(=O)Nc2sccc2C#N)nc2ccccc12. The van der Waals surface area contributed by atoms with Crippen LogP contribution in [-0.4, -0.2) is 28.2 Å². The van der Waals surface area contributed by atoms with E-state index in [1.165, 1.54) is 23.1 Å². The zero-order chi connectivity index (χ0) is 17.6. The van der Waals surface area contributed by atoms with Crippen LogP contribution in [0, 0.1) is 11.3 Å².